The number of amides is 2. The van der Waals surface area contributed by atoms with Crippen LogP contribution in [0.4, 0.5) is 11.4 Å². The number of ether oxygens (including phenoxy) is 2. The van der Waals surface area contributed by atoms with Gasteiger partial charge in [-0.3, -0.25) is 9.59 Å². The number of hydrogen-bond donors (Lipinski definition) is 2. The lowest BCUT2D eigenvalue weighted by Crippen LogP contribution is -2.14. The van der Waals surface area contributed by atoms with E-state index in [1.54, 1.807) is 53.8 Å². The maximum Gasteiger partial charge on any atom is 0.255 e. The predicted octanol–water partition coefficient (Wildman–Crippen LogP) is 6.34. The number of methoxy groups -OCH3 is 2. The minimum absolute atomic E-state index is 0.281. The Hall–Kier alpha value is -4.36. The Bertz CT molecular complexity index is 1350. The summed E-state index contributed by atoms with van der Waals surface area (Å²) >= 11 is 1.60. The summed E-state index contributed by atoms with van der Waals surface area (Å²) in [7, 11) is 2.99. The molecule has 3 aromatic carbocycles. The first-order valence-electron chi connectivity index (χ1n) is 10.8. The molecule has 0 radical (unpaired) electrons. The van der Waals surface area contributed by atoms with Gasteiger partial charge in [-0.2, -0.15) is 0 Å². The van der Waals surface area contributed by atoms with Gasteiger partial charge in [0.25, 0.3) is 5.91 Å². The second-order valence-corrected chi connectivity index (χ2v) is 8.58. The lowest BCUT2D eigenvalue weighted by Gasteiger charge is -2.16. The number of rotatable bonds is 8. The van der Waals surface area contributed by atoms with E-state index in [1.807, 2.05) is 36.4 Å². The van der Waals surface area contributed by atoms with Gasteiger partial charge in [0, 0.05) is 33.5 Å². The van der Waals surface area contributed by atoms with E-state index in [4.69, 9.17) is 9.47 Å². The van der Waals surface area contributed by atoms with Crippen molar-refractivity contribution in [1.82, 2.24) is 0 Å². The number of anilines is 2. The molecule has 0 bridgehead atoms. The summed E-state index contributed by atoms with van der Waals surface area (Å²) in [6.07, 6.45) is 3.24. The largest absolute Gasteiger partial charge is 0.494 e. The highest BCUT2D eigenvalue weighted by atomic mass is 32.1. The van der Waals surface area contributed by atoms with Crippen molar-refractivity contribution in [2.75, 3.05) is 24.9 Å². The zero-order valence-corrected chi connectivity index (χ0v) is 20.1. The number of thiophene rings is 1. The molecule has 0 spiro atoms. The van der Waals surface area contributed by atoms with Crippen molar-refractivity contribution in [3.8, 4) is 21.9 Å². The Balaban J connectivity index is 1.48. The van der Waals surface area contributed by atoms with Gasteiger partial charge in [0.05, 0.1) is 25.6 Å². The molecule has 4 aromatic rings. The molecule has 1 aromatic heterocycles. The van der Waals surface area contributed by atoms with Crippen LogP contribution in [0.1, 0.15) is 15.2 Å². The van der Waals surface area contributed by atoms with E-state index >= 15 is 0 Å². The van der Waals surface area contributed by atoms with Crippen molar-refractivity contribution in [2.24, 2.45) is 0 Å². The fourth-order valence-electron chi connectivity index (χ4n) is 3.41. The SMILES string of the molecule is COc1cc(NC(=O)c2ccccc2)c(OC)cc1NC(=O)/C=C/c1ccc(-c2ccccc2)s1. The first kappa shape index (κ1) is 23.8. The molecule has 0 fully saturated rings. The summed E-state index contributed by atoms with van der Waals surface area (Å²) in [6.45, 7) is 0. The summed E-state index contributed by atoms with van der Waals surface area (Å²) in [5, 5.41) is 5.64. The maximum absolute atomic E-state index is 12.6. The molecule has 2 amide bonds. The number of carbonyl (C=O) groups is 2. The summed E-state index contributed by atoms with van der Waals surface area (Å²) in [5.74, 6) is 0.177. The van der Waals surface area contributed by atoms with Crippen molar-refractivity contribution in [1.29, 1.82) is 0 Å². The molecular formula is C28H24N2O4S. The molecule has 6 nitrogen and oxygen atoms in total. The number of benzene rings is 3. The van der Waals surface area contributed by atoms with Crippen LogP contribution >= 0.6 is 11.3 Å². The Labute approximate surface area is 207 Å². The van der Waals surface area contributed by atoms with Crippen LogP contribution in [-0.2, 0) is 4.79 Å². The molecule has 7 heteroatoms. The van der Waals surface area contributed by atoms with Crippen molar-refractivity contribution in [3.63, 3.8) is 0 Å². The molecule has 0 saturated carbocycles. The number of carbonyl (C=O) groups excluding carboxylic acids is 2. The van der Waals surface area contributed by atoms with Crippen LogP contribution in [0.5, 0.6) is 11.5 Å². The van der Waals surface area contributed by atoms with E-state index in [1.165, 1.54) is 20.3 Å². The molecular weight excluding hydrogens is 460 g/mol. The van der Waals surface area contributed by atoms with Crippen LogP contribution in [0.2, 0.25) is 0 Å². The quantitative estimate of drug-likeness (QED) is 0.286. The average molecular weight is 485 g/mol. The highest BCUT2D eigenvalue weighted by Gasteiger charge is 2.15. The molecule has 176 valence electrons. The summed E-state index contributed by atoms with van der Waals surface area (Å²) in [5.41, 5.74) is 2.50. The van der Waals surface area contributed by atoms with Gasteiger partial charge in [-0.15, -0.1) is 11.3 Å². The average Bonchev–Trinajstić information content (AvgIpc) is 3.38. The highest BCUT2D eigenvalue weighted by molar-refractivity contribution is 7.16. The topological polar surface area (TPSA) is 76.7 Å². The molecule has 4 rings (SSSR count). The second kappa shape index (κ2) is 11.2. The third-order valence-corrected chi connectivity index (χ3v) is 6.25. The maximum atomic E-state index is 12.6. The third kappa shape index (κ3) is 5.96. The zero-order chi connectivity index (χ0) is 24.6. The minimum atomic E-state index is -0.318. The second-order valence-electron chi connectivity index (χ2n) is 7.46. The standard InChI is InChI=1S/C28H24N2O4S/c1-33-24-18-23(30-28(32)20-11-7-4-8-12-20)25(34-2)17-22(24)29-27(31)16-14-21-13-15-26(35-21)19-9-5-3-6-10-19/h3-18H,1-2H3,(H,29,31)(H,30,32)/b16-14+. The lowest BCUT2D eigenvalue weighted by atomic mass is 10.2. The molecule has 0 atom stereocenters. The molecule has 0 aliphatic carbocycles. The molecule has 0 unspecified atom stereocenters. The van der Waals surface area contributed by atoms with Crippen LogP contribution in [0.15, 0.2) is 91.0 Å². The Kier molecular flexibility index (Phi) is 7.60. The van der Waals surface area contributed by atoms with Crippen LogP contribution in [0.3, 0.4) is 0 Å². The van der Waals surface area contributed by atoms with Gasteiger partial charge in [0.15, 0.2) is 0 Å². The van der Waals surface area contributed by atoms with Gasteiger partial charge in [-0.1, -0.05) is 48.5 Å². The third-order valence-electron chi connectivity index (χ3n) is 5.15. The normalized spacial score (nSPS) is 10.7. The smallest absolute Gasteiger partial charge is 0.255 e. The number of nitrogens with one attached hydrogen (secondary N) is 2. The predicted molar refractivity (Wildman–Crippen MR) is 141 cm³/mol. The summed E-state index contributed by atoms with van der Waals surface area (Å²) in [6, 6.07) is 26.2. The van der Waals surface area contributed by atoms with Gasteiger partial charge in [0.1, 0.15) is 11.5 Å². The molecule has 2 N–H and O–H groups in total. The monoisotopic (exact) mass is 484 g/mol. The van der Waals surface area contributed by atoms with Crippen molar-refractivity contribution in [3.05, 3.63) is 101 Å². The van der Waals surface area contributed by atoms with Gasteiger partial charge in [-0.25, -0.2) is 0 Å². The van der Waals surface area contributed by atoms with Gasteiger partial charge in [0.2, 0.25) is 5.91 Å². The fourth-order valence-corrected chi connectivity index (χ4v) is 4.33. The molecule has 0 saturated heterocycles. The Morgan fingerprint density at radius 3 is 2.00 bits per heavy atom. The van der Waals surface area contributed by atoms with E-state index in [0.717, 1.165) is 15.3 Å². The van der Waals surface area contributed by atoms with Crippen LogP contribution in [-0.4, -0.2) is 26.0 Å². The summed E-state index contributed by atoms with van der Waals surface area (Å²) < 4.78 is 10.9. The summed E-state index contributed by atoms with van der Waals surface area (Å²) in [4.78, 5) is 27.3. The van der Waals surface area contributed by atoms with E-state index < -0.39 is 0 Å². The fraction of sp³-hybridized carbons (Fsp3) is 0.0714. The zero-order valence-electron chi connectivity index (χ0n) is 19.3. The van der Waals surface area contributed by atoms with Crippen molar-refractivity contribution >= 4 is 40.6 Å². The van der Waals surface area contributed by atoms with E-state index in [0.29, 0.717) is 28.4 Å². The van der Waals surface area contributed by atoms with Crippen LogP contribution in [0.25, 0.3) is 16.5 Å². The molecule has 0 aliphatic heterocycles. The highest BCUT2D eigenvalue weighted by Crippen LogP contribution is 2.37. The van der Waals surface area contributed by atoms with E-state index in [9.17, 15) is 9.59 Å². The van der Waals surface area contributed by atoms with Gasteiger partial charge < -0.3 is 20.1 Å². The molecule has 1 heterocycles. The minimum Gasteiger partial charge on any atom is -0.494 e. The van der Waals surface area contributed by atoms with Crippen molar-refractivity contribution in [2.45, 2.75) is 0 Å². The molecule has 35 heavy (non-hydrogen) atoms. The Morgan fingerprint density at radius 1 is 0.771 bits per heavy atom. The number of hydrogen-bond acceptors (Lipinski definition) is 5. The first-order chi connectivity index (χ1) is 17.1. The first-order valence-corrected chi connectivity index (χ1v) is 11.7. The molecule has 0 aliphatic rings. The Morgan fingerprint density at radius 2 is 1.37 bits per heavy atom. The van der Waals surface area contributed by atoms with Crippen LogP contribution < -0.4 is 20.1 Å². The van der Waals surface area contributed by atoms with Crippen molar-refractivity contribution < 1.29 is 19.1 Å². The van der Waals surface area contributed by atoms with E-state index in [-0.39, 0.29) is 11.8 Å². The van der Waals surface area contributed by atoms with E-state index in [2.05, 4.69) is 22.8 Å². The lowest BCUT2D eigenvalue weighted by molar-refractivity contribution is -0.111. The van der Waals surface area contributed by atoms with Crippen LogP contribution in [0, 0.1) is 0 Å². The van der Waals surface area contributed by atoms with Gasteiger partial charge >= 0.3 is 0 Å². The van der Waals surface area contributed by atoms with Gasteiger partial charge in [-0.05, 0) is 35.9 Å².